The Hall–Kier alpha value is -2.65. The van der Waals surface area contributed by atoms with Crippen molar-refractivity contribution in [2.45, 2.75) is 13.0 Å². The number of fused-ring (bicyclic) bond motifs is 1. The van der Waals surface area contributed by atoms with Crippen molar-refractivity contribution in [3.63, 3.8) is 0 Å². The highest BCUT2D eigenvalue weighted by atomic mass is 35.5. The molecule has 0 radical (unpaired) electrons. The Morgan fingerprint density at radius 3 is 2.57 bits per heavy atom. The molecule has 1 aliphatic rings. The van der Waals surface area contributed by atoms with Gasteiger partial charge in [-0.1, -0.05) is 11.6 Å². The Kier molecular flexibility index (Phi) is 5.57. The van der Waals surface area contributed by atoms with E-state index >= 15 is 0 Å². The Balaban J connectivity index is 1.86. The first-order chi connectivity index (χ1) is 13.2. The molecular formula is C18H19ClN2O6S. The molecule has 1 atom stereocenters. The van der Waals surface area contributed by atoms with Gasteiger partial charge in [0.25, 0.3) is 0 Å². The maximum Gasteiger partial charge on any atom is 0.247 e. The zero-order chi connectivity index (χ0) is 20.5. The zero-order valence-corrected chi connectivity index (χ0v) is 17.0. The van der Waals surface area contributed by atoms with Crippen LogP contribution in [0.15, 0.2) is 36.4 Å². The first-order valence-electron chi connectivity index (χ1n) is 8.24. The van der Waals surface area contributed by atoms with Crippen LogP contribution in [0, 0.1) is 0 Å². The minimum absolute atomic E-state index is 0.114. The van der Waals surface area contributed by atoms with Crippen LogP contribution in [0.25, 0.3) is 0 Å². The largest absolute Gasteiger partial charge is 0.495 e. The van der Waals surface area contributed by atoms with Gasteiger partial charge in [-0.15, -0.1) is 0 Å². The molecule has 0 aliphatic carbocycles. The number of rotatable bonds is 6. The average Bonchev–Trinajstić information content (AvgIpc) is 3.08. The maximum absolute atomic E-state index is 12.7. The van der Waals surface area contributed by atoms with E-state index in [9.17, 15) is 13.2 Å². The zero-order valence-electron chi connectivity index (χ0n) is 15.4. The summed E-state index contributed by atoms with van der Waals surface area (Å²) in [5, 5.41) is 2.93. The van der Waals surface area contributed by atoms with Gasteiger partial charge in [0.05, 0.1) is 24.1 Å². The molecule has 8 nitrogen and oxygen atoms in total. The average molecular weight is 427 g/mol. The number of carbonyl (C=O) groups excluding carboxylic acids is 1. The highest BCUT2D eigenvalue weighted by Gasteiger charge is 2.30. The van der Waals surface area contributed by atoms with Gasteiger partial charge in [-0.3, -0.25) is 9.10 Å². The monoisotopic (exact) mass is 426 g/mol. The van der Waals surface area contributed by atoms with Crippen LogP contribution in [0.3, 0.4) is 0 Å². The molecule has 10 heteroatoms. The molecule has 1 heterocycles. The maximum atomic E-state index is 12.7. The molecular weight excluding hydrogens is 408 g/mol. The van der Waals surface area contributed by atoms with Gasteiger partial charge >= 0.3 is 0 Å². The van der Waals surface area contributed by atoms with Crippen LogP contribution < -0.4 is 23.8 Å². The first-order valence-corrected chi connectivity index (χ1v) is 10.5. The minimum atomic E-state index is -3.77. The molecule has 0 fully saturated rings. The SMILES string of the molecule is COc1ccc(N([C@@H](C)C(=O)Nc2ccc3c(c2)OCO3)S(C)(=O)=O)cc1Cl. The fourth-order valence-electron chi connectivity index (χ4n) is 2.82. The predicted octanol–water partition coefficient (Wildman–Crippen LogP) is 2.87. The van der Waals surface area contributed by atoms with Gasteiger partial charge in [-0.25, -0.2) is 8.42 Å². The Morgan fingerprint density at radius 2 is 1.93 bits per heavy atom. The molecule has 0 unspecified atom stereocenters. The second-order valence-electron chi connectivity index (χ2n) is 6.11. The summed E-state index contributed by atoms with van der Waals surface area (Å²) in [6.07, 6.45) is 1.02. The Bertz CT molecular complexity index is 1010. The third-order valence-corrected chi connectivity index (χ3v) is 5.66. The van der Waals surface area contributed by atoms with Crippen molar-refractivity contribution in [3.8, 4) is 17.2 Å². The van der Waals surface area contributed by atoms with Crippen molar-refractivity contribution < 1.29 is 27.4 Å². The molecule has 1 aliphatic heterocycles. The van der Waals surface area contributed by atoms with Crippen LogP contribution in [0.1, 0.15) is 6.92 Å². The third-order valence-electron chi connectivity index (χ3n) is 4.12. The van der Waals surface area contributed by atoms with Crippen LogP contribution in [0.4, 0.5) is 11.4 Å². The molecule has 2 aromatic rings. The van der Waals surface area contributed by atoms with Crippen LogP contribution in [-0.4, -0.2) is 40.5 Å². The summed E-state index contributed by atoms with van der Waals surface area (Å²) in [6, 6.07) is 8.39. The number of methoxy groups -OCH3 is 1. The van der Waals surface area contributed by atoms with Gasteiger partial charge in [0, 0.05) is 11.8 Å². The van der Waals surface area contributed by atoms with E-state index in [1.165, 1.54) is 32.2 Å². The molecule has 2 aromatic carbocycles. The Labute approximate surface area is 168 Å². The van der Waals surface area contributed by atoms with Crippen molar-refractivity contribution in [2.75, 3.05) is 29.8 Å². The second-order valence-corrected chi connectivity index (χ2v) is 8.38. The fourth-order valence-corrected chi connectivity index (χ4v) is 4.24. The molecule has 0 bridgehead atoms. The lowest BCUT2D eigenvalue weighted by molar-refractivity contribution is -0.116. The summed E-state index contributed by atoms with van der Waals surface area (Å²) in [7, 11) is -2.32. The van der Waals surface area contributed by atoms with Gasteiger partial charge in [0.15, 0.2) is 11.5 Å². The highest BCUT2D eigenvalue weighted by Crippen LogP contribution is 2.35. The number of carbonyl (C=O) groups is 1. The fraction of sp³-hybridized carbons (Fsp3) is 0.278. The van der Waals surface area contributed by atoms with E-state index in [0.29, 0.717) is 22.9 Å². The van der Waals surface area contributed by atoms with E-state index in [1.54, 1.807) is 18.2 Å². The lowest BCUT2D eigenvalue weighted by Crippen LogP contribution is -2.45. The van der Waals surface area contributed by atoms with E-state index in [2.05, 4.69) is 5.32 Å². The van der Waals surface area contributed by atoms with Crippen molar-refractivity contribution in [2.24, 2.45) is 0 Å². The van der Waals surface area contributed by atoms with Crippen LogP contribution >= 0.6 is 11.6 Å². The Morgan fingerprint density at radius 1 is 1.21 bits per heavy atom. The minimum Gasteiger partial charge on any atom is -0.495 e. The molecule has 0 saturated heterocycles. The summed E-state index contributed by atoms with van der Waals surface area (Å²) in [6.45, 7) is 1.60. The lowest BCUT2D eigenvalue weighted by Gasteiger charge is -2.28. The lowest BCUT2D eigenvalue weighted by atomic mass is 10.2. The van der Waals surface area contributed by atoms with Gasteiger partial charge in [-0.05, 0) is 37.3 Å². The van der Waals surface area contributed by atoms with Crippen LogP contribution in [-0.2, 0) is 14.8 Å². The first kappa shape index (κ1) is 20.1. The molecule has 0 saturated carbocycles. The third kappa shape index (κ3) is 4.10. The van der Waals surface area contributed by atoms with E-state index < -0.39 is 22.0 Å². The van der Waals surface area contributed by atoms with Crippen molar-refractivity contribution in [3.05, 3.63) is 41.4 Å². The number of ether oxygens (including phenoxy) is 3. The highest BCUT2D eigenvalue weighted by molar-refractivity contribution is 7.92. The predicted molar refractivity (Wildman–Crippen MR) is 106 cm³/mol. The summed E-state index contributed by atoms with van der Waals surface area (Å²) >= 11 is 6.12. The molecule has 28 heavy (non-hydrogen) atoms. The van der Waals surface area contributed by atoms with Crippen molar-refractivity contribution in [1.82, 2.24) is 0 Å². The van der Waals surface area contributed by atoms with E-state index in [0.717, 1.165) is 10.6 Å². The molecule has 0 aromatic heterocycles. The standard InChI is InChI=1S/C18H19ClN2O6S/c1-11(18(22)20-12-4-6-16-17(8-12)27-10-26-16)21(28(3,23)24)13-5-7-15(25-2)14(19)9-13/h4-9,11H,10H2,1-3H3,(H,20,22)/t11-/m0/s1. The molecule has 0 spiro atoms. The number of halogens is 1. The normalized spacial score (nSPS) is 13.7. The molecule has 1 amide bonds. The molecule has 1 N–H and O–H groups in total. The van der Waals surface area contributed by atoms with Crippen LogP contribution in [0.2, 0.25) is 5.02 Å². The number of anilines is 2. The summed E-state index contributed by atoms with van der Waals surface area (Å²) in [5.41, 5.74) is 0.712. The number of benzene rings is 2. The van der Waals surface area contributed by atoms with Gasteiger partial charge < -0.3 is 19.5 Å². The van der Waals surface area contributed by atoms with Crippen molar-refractivity contribution in [1.29, 1.82) is 0 Å². The molecule has 150 valence electrons. The van der Waals surface area contributed by atoms with Gasteiger partial charge in [-0.2, -0.15) is 0 Å². The van der Waals surface area contributed by atoms with Gasteiger partial charge in [0.1, 0.15) is 11.8 Å². The van der Waals surface area contributed by atoms with Crippen LogP contribution in [0.5, 0.6) is 17.2 Å². The second kappa shape index (κ2) is 7.76. The number of hydrogen-bond acceptors (Lipinski definition) is 6. The quantitative estimate of drug-likeness (QED) is 0.763. The van der Waals surface area contributed by atoms with E-state index in [4.69, 9.17) is 25.8 Å². The summed E-state index contributed by atoms with van der Waals surface area (Å²) < 4.78 is 41.4. The number of amides is 1. The summed E-state index contributed by atoms with van der Waals surface area (Å²) in [5.74, 6) is 0.969. The van der Waals surface area contributed by atoms with Gasteiger partial charge in [0.2, 0.25) is 22.7 Å². The topological polar surface area (TPSA) is 94.2 Å². The summed E-state index contributed by atoms with van der Waals surface area (Å²) in [4.78, 5) is 12.7. The van der Waals surface area contributed by atoms with Crippen molar-refractivity contribution >= 4 is 38.9 Å². The molecule has 3 rings (SSSR count). The number of nitrogens with one attached hydrogen (secondary N) is 1. The smallest absolute Gasteiger partial charge is 0.247 e. The number of nitrogens with zero attached hydrogens (tertiary/aromatic N) is 1. The van der Waals surface area contributed by atoms with E-state index in [1.807, 2.05) is 0 Å². The van der Waals surface area contributed by atoms with E-state index in [-0.39, 0.29) is 17.5 Å². The number of hydrogen-bond donors (Lipinski definition) is 1. The number of sulfonamides is 1.